The number of likely N-dealkylation sites (tertiary alicyclic amines) is 1. The molecule has 0 radical (unpaired) electrons. The maximum atomic E-state index is 13.2. The number of hydrogen-bond acceptors (Lipinski definition) is 4. The third-order valence-corrected chi connectivity index (χ3v) is 6.82. The zero-order valence-electron chi connectivity index (χ0n) is 18.5. The summed E-state index contributed by atoms with van der Waals surface area (Å²) in [5.74, 6) is -0.561. The van der Waals surface area contributed by atoms with E-state index < -0.39 is 6.04 Å². The van der Waals surface area contributed by atoms with Gasteiger partial charge in [-0.25, -0.2) is 0 Å². The number of para-hydroxylation sites is 1. The number of nitrogens with one attached hydrogen (secondary N) is 1. The van der Waals surface area contributed by atoms with Crippen molar-refractivity contribution >= 4 is 23.4 Å². The fraction of sp³-hybridized carbons (Fsp3) is 0.560. The number of imide groups is 1. The summed E-state index contributed by atoms with van der Waals surface area (Å²) in [6, 6.07) is 9.60. The largest absolute Gasteiger partial charge is 0.371 e. The van der Waals surface area contributed by atoms with Gasteiger partial charge in [0.15, 0.2) is 0 Å². The lowest BCUT2D eigenvalue weighted by Gasteiger charge is -2.28. The highest BCUT2D eigenvalue weighted by atomic mass is 16.2. The second kappa shape index (κ2) is 9.25. The van der Waals surface area contributed by atoms with Crippen LogP contribution in [0.2, 0.25) is 0 Å². The molecule has 2 fully saturated rings. The molecule has 0 bridgehead atoms. The number of anilines is 1. The van der Waals surface area contributed by atoms with Crippen LogP contribution >= 0.6 is 0 Å². The van der Waals surface area contributed by atoms with Crippen molar-refractivity contribution < 1.29 is 14.4 Å². The standard InChI is InChI=1S/C25H33N3O3/c1-17(2)14-22(28-24(30)20-10-6-7-11-21(20)25(28)31)23(29)26-15-18-12-13-27(16-18)19-8-4-3-5-9-19/h3-9,17-18,20-22H,10-16H2,1-2H3,(H,26,29). The molecule has 0 spiro atoms. The Balaban J connectivity index is 1.39. The highest BCUT2D eigenvalue weighted by molar-refractivity contribution is 6.08. The van der Waals surface area contributed by atoms with Crippen LogP contribution in [0.15, 0.2) is 42.5 Å². The van der Waals surface area contributed by atoms with E-state index in [1.807, 2.05) is 44.2 Å². The highest BCUT2D eigenvalue weighted by Crippen LogP contribution is 2.37. The van der Waals surface area contributed by atoms with Gasteiger partial charge in [-0.3, -0.25) is 19.3 Å². The average Bonchev–Trinajstić information content (AvgIpc) is 3.35. The first kappa shape index (κ1) is 21.6. The van der Waals surface area contributed by atoms with Gasteiger partial charge >= 0.3 is 0 Å². The van der Waals surface area contributed by atoms with Crippen LogP contribution in [0.4, 0.5) is 5.69 Å². The molecule has 31 heavy (non-hydrogen) atoms. The smallest absolute Gasteiger partial charge is 0.243 e. The minimum Gasteiger partial charge on any atom is -0.371 e. The molecule has 3 aliphatic rings. The van der Waals surface area contributed by atoms with E-state index in [1.165, 1.54) is 10.6 Å². The normalized spacial score (nSPS) is 26.5. The number of carbonyl (C=O) groups excluding carboxylic acids is 3. The molecule has 166 valence electrons. The molecule has 2 heterocycles. The molecule has 2 saturated heterocycles. The van der Waals surface area contributed by atoms with E-state index in [1.54, 1.807) is 0 Å². The van der Waals surface area contributed by atoms with Crippen molar-refractivity contribution in [2.45, 2.75) is 45.6 Å². The maximum Gasteiger partial charge on any atom is 0.243 e. The minimum atomic E-state index is -0.711. The van der Waals surface area contributed by atoms with Gasteiger partial charge in [-0.05, 0) is 49.7 Å². The summed E-state index contributed by atoms with van der Waals surface area (Å²) in [5, 5.41) is 3.07. The zero-order valence-corrected chi connectivity index (χ0v) is 18.5. The molecule has 0 saturated carbocycles. The number of carbonyl (C=O) groups is 3. The van der Waals surface area contributed by atoms with Crippen molar-refractivity contribution in [3.63, 3.8) is 0 Å². The summed E-state index contributed by atoms with van der Waals surface area (Å²) in [6.07, 6.45) is 6.66. The third-order valence-electron chi connectivity index (χ3n) is 6.82. The Morgan fingerprint density at radius 1 is 1.06 bits per heavy atom. The predicted octanol–water partition coefficient (Wildman–Crippen LogP) is 3.00. The van der Waals surface area contributed by atoms with Crippen molar-refractivity contribution in [2.75, 3.05) is 24.5 Å². The molecule has 3 amide bonds. The number of fused-ring (bicyclic) bond motifs is 1. The Hall–Kier alpha value is -2.63. The molecule has 4 atom stereocenters. The van der Waals surface area contributed by atoms with Gasteiger partial charge < -0.3 is 10.2 Å². The molecular weight excluding hydrogens is 390 g/mol. The molecule has 2 aliphatic heterocycles. The number of amides is 3. The maximum absolute atomic E-state index is 13.2. The summed E-state index contributed by atoms with van der Waals surface area (Å²) >= 11 is 0. The van der Waals surface area contributed by atoms with Crippen LogP contribution < -0.4 is 10.2 Å². The van der Waals surface area contributed by atoms with Crippen molar-refractivity contribution in [1.29, 1.82) is 0 Å². The topological polar surface area (TPSA) is 69.7 Å². The monoisotopic (exact) mass is 423 g/mol. The van der Waals surface area contributed by atoms with Gasteiger partial charge in [0.2, 0.25) is 17.7 Å². The summed E-state index contributed by atoms with van der Waals surface area (Å²) in [6.45, 7) is 6.49. The molecular formula is C25H33N3O3. The molecule has 6 nitrogen and oxygen atoms in total. The van der Waals surface area contributed by atoms with E-state index in [9.17, 15) is 14.4 Å². The van der Waals surface area contributed by atoms with Gasteiger partial charge in [0.1, 0.15) is 6.04 Å². The van der Waals surface area contributed by atoms with Crippen LogP contribution in [0.25, 0.3) is 0 Å². The van der Waals surface area contributed by atoms with Crippen LogP contribution in [0.3, 0.4) is 0 Å². The molecule has 1 aliphatic carbocycles. The van der Waals surface area contributed by atoms with Gasteiger partial charge in [-0.2, -0.15) is 0 Å². The van der Waals surface area contributed by atoms with Crippen LogP contribution in [0, 0.1) is 23.7 Å². The van der Waals surface area contributed by atoms with E-state index in [2.05, 4.69) is 22.3 Å². The van der Waals surface area contributed by atoms with Crippen molar-refractivity contribution in [2.24, 2.45) is 23.7 Å². The first-order chi connectivity index (χ1) is 15.0. The van der Waals surface area contributed by atoms with Crippen LogP contribution in [0.1, 0.15) is 39.5 Å². The summed E-state index contributed by atoms with van der Waals surface area (Å²) < 4.78 is 0. The highest BCUT2D eigenvalue weighted by Gasteiger charge is 2.51. The Morgan fingerprint density at radius 3 is 2.32 bits per heavy atom. The number of hydrogen-bond donors (Lipinski definition) is 1. The van der Waals surface area contributed by atoms with Crippen molar-refractivity contribution in [3.05, 3.63) is 42.5 Å². The molecule has 6 heteroatoms. The van der Waals surface area contributed by atoms with E-state index in [4.69, 9.17) is 0 Å². The van der Waals surface area contributed by atoms with Gasteiger partial charge in [-0.1, -0.05) is 44.2 Å². The second-order valence-corrected chi connectivity index (χ2v) is 9.53. The first-order valence-corrected chi connectivity index (χ1v) is 11.5. The van der Waals surface area contributed by atoms with Crippen molar-refractivity contribution in [3.8, 4) is 0 Å². The average molecular weight is 424 g/mol. The Morgan fingerprint density at radius 2 is 1.71 bits per heavy atom. The van der Waals surface area contributed by atoms with Crippen LogP contribution in [-0.4, -0.2) is 48.3 Å². The van der Waals surface area contributed by atoms with Gasteiger partial charge in [-0.15, -0.1) is 0 Å². The molecule has 0 aromatic heterocycles. The van der Waals surface area contributed by atoms with Gasteiger partial charge in [0, 0.05) is 25.3 Å². The Bertz CT molecular complexity index is 825. The third kappa shape index (κ3) is 4.53. The zero-order chi connectivity index (χ0) is 22.0. The minimum absolute atomic E-state index is 0.170. The summed E-state index contributed by atoms with van der Waals surface area (Å²) in [4.78, 5) is 42.9. The molecule has 1 N–H and O–H groups in total. The summed E-state index contributed by atoms with van der Waals surface area (Å²) in [7, 11) is 0. The van der Waals surface area contributed by atoms with E-state index >= 15 is 0 Å². The predicted molar refractivity (Wildman–Crippen MR) is 120 cm³/mol. The SMILES string of the molecule is CC(C)CC(C(=O)NCC1CCN(c2ccccc2)C1)N1C(=O)C2CC=CCC2C1=O. The quantitative estimate of drug-likeness (QED) is 0.541. The fourth-order valence-corrected chi connectivity index (χ4v) is 5.14. The molecule has 4 rings (SSSR count). The fourth-order valence-electron chi connectivity index (χ4n) is 5.14. The number of benzene rings is 1. The summed E-state index contributed by atoms with van der Waals surface area (Å²) in [5.41, 5.74) is 1.21. The molecule has 1 aromatic carbocycles. The molecule has 4 unspecified atom stereocenters. The number of nitrogens with zero attached hydrogens (tertiary/aromatic N) is 2. The van der Waals surface area contributed by atoms with Gasteiger partial charge in [0.05, 0.1) is 11.8 Å². The Labute approximate surface area is 184 Å². The Kier molecular flexibility index (Phi) is 6.44. The van der Waals surface area contributed by atoms with E-state index in [0.717, 1.165) is 19.5 Å². The van der Waals surface area contributed by atoms with E-state index in [0.29, 0.717) is 31.7 Å². The second-order valence-electron chi connectivity index (χ2n) is 9.53. The lowest BCUT2D eigenvalue weighted by atomic mass is 9.85. The number of allylic oxidation sites excluding steroid dienone is 2. The first-order valence-electron chi connectivity index (χ1n) is 11.5. The molecule has 1 aromatic rings. The lowest BCUT2D eigenvalue weighted by molar-refractivity contribution is -0.148. The van der Waals surface area contributed by atoms with Crippen molar-refractivity contribution in [1.82, 2.24) is 10.2 Å². The van der Waals surface area contributed by atoms with Crippen LogP contribution in [-0.2, 0) is 14.4 Å². The van der Waals surface area contributed by atoms with E-state index in [-0.39, 0.29) is 35.5 Å². The van der Waals surface area contributed by atoms with Crippen LogP contribution in [0.5, 0.6) is 0 Å². The number of rotatable bonds is 7. The van der Waals surface area contributed by atoms with Gasteiger partial charge in [0.25, 0.3) is 0 Å². The lowest BCUT2D eigenvalue weighted by Crippen LogP contribution is -2.51.